The maximum Gasteiger partial charge on any atom is 0.287 e. The molecule has 0 saturated carbocycles. The molecule has 3 heterocycles. The van der Waals surface area contributed by atoms with Gasteiger partial charge in [0.2, 0.25) is 0 Å². The van der Waals surface area contributed by atoms with Crippen LogP contribution >= 0.6 is 0 Å². The minimum atomic E-state index is -0.529. The quantitative estimate of drug-likeness (QED) is 0.647. The number of aryl methyl sites for hydroxylation is 2. The average molecular weight is 410 g/mol. The highest BCUT2D eigenvalue weighted by atomic mass is 16.6. The molecule has 1 atom stereocenters. The van der Waals surface area contributed by atoms with Crippen LogP contribution in [0.1, 0.15) is 44.2 Å². The van der Waals surface area contributed by atoms with Crippen LogP contribution in [0.2, 0.25) is 0 Å². The van der Waals surface area contributed by atoms with E-state index in [0.717, 1.165) is 5.56 Å². The summed E-state index contributed by atoms with van der Waals surface area (Å²) in [6, 6.07) is 11.5. The van der Waals surface area contributed by atoms with E-state index >= 15 is 0 Å². The number of hydrogen-bond acceptors (Lipinski definition) is 6. The molecule has 0 saturated heterocycles. The molecular weight excluding hydrogens is 388 g/mol. The minimum Gasteiger partial charge on any atom is -0.486 e. The summed E-state index contributed by atoms with van der Waals surface area (Å²) in [6.45, 7) is 4.61. The van der Waals surface area contributed by atoms with E-state index in [9.17, 15) is 9.59 Å². The number of carbonyl (C=O) groups excluding carboxylic acids is 2. The molecule has 3 aromatic rings. The van der Waals surface area contributed by atoms with Crippen LogP contribution in [0.3, 0.4) is 0 Å². The highest BCUT2D eigenvalue weighted by Crippen LogP contribution is 2.32. The zero-order valence-electron chi connectivity index (χ0n) is 16.7. The Kier molecular flexibility index (Phi) is 5.47. The number of furan rings is 2. The van der Waals surface area contributed by atoms with Gasteiger partial charge in [-0.05, 0) is 55.8 Å². The van der Waals surface area contributed by atoms with Crippen LogP contribution in [-0.4, -0.2) is 31.6 Å². The Morgan fingerprint density at radius 1 is 0.867 bits per heavy atom. The molecule has 0 fully saturated rings. The normalized spacial score (nSPS) is 13.5. The van der Waals surface area contributed by atoms with Gasteiger partial charge in [0, 0.05) is 6.54 Å². The van der Waals surface area contributed by atoms with Crippen molar-refractivity contribution in [2.75, 3.05) is 19.8 Å². The first kappa shape index (κ1) is 19.6. The maximum atomic E-state index is 12.7. The molecule has 1 aromatic carbocycles. The number of ether oxygens (including phenoxy) is 2. The Labute approximate surface area is 173 Å². The number of hydrogen-bond donors (Lipinski definition) is 2. The van der Waals surface area contributed by atoms with Crippen molar-refractivity contribution in [2.45, 2.75) is 19.9 Å². The fourth-order valence-corrected chi connectivity index (χ4v) is 3.15. The van der Waals surface area contributed by atoms with Gasteiger partial charge >= 0.3 is 0 Å². The van der Waals surface area contributed by atoms with Gasteiger partial charge in [0.1, 0.15) is 24.7 Å². The predicted octanol–water partition coefficient (Wildman–Crippen LogP) is 3.16. The van der Waals surface area contributed by atoms with Crippen LogP contribution in [0.15, 0.2) is 51.3 Å². The van der Waals surface area contributed by atoms with Gasteiger partial charge in [-0.1, -0.05) is 6.07 Å². The summed E-state index contributed by atoms with van der Waals surface area (Å²) in [5.74, 6) is 2.18. The van der Waals surface area contributed by atoms with Crippen molar-refractivity contribution in [3.8, 4) is 11.5 Å². The monoisotopic (exact) mass is 410 g/mol. The minimum absolute atomic E-state index is 0.143. The van der Waals surface area contributed by atoms with Gasteiger partial charge in [-0.3, -0.25) is 9.59 Å². The summed E-state index contributed by atoms with van der Waals surface area (Å²) in [5.41, 5.74) is 0.756. The van der Waals surface area contributed by atoms with Crippen LogP contribution in [0.25, 0.3) is 0 Å². The van der Waals surface area contributed by atoms with Crippen LogP contribution in [-0.2, 0) is 0 Å². The van der Waals surface area contributed by atoms with Gasteiger partial charge in [0.15, 0.2) is 23.0 Å². The van der Waals surface area contributed by atoms with E-state index in [1.54, 1.807) is 50.2 Å². The Hall–Kier alpha value is -3.68. The van der Waals surface area contributed by atoms with Crippen LogP contribution < -0.4 is 20.1 Å². The summed E-state index contributed by atoms with van der Waals surface area (Å²) in [6.07, 6.45) is 0. The maximum absolute atomic E-state index is 12.7. The van der Waals surface area contributed by atoms with Gasteiger partial charge in [-0.25, -0.2) is 0 Å². The molecule has 4 rings (SSSR count). The van der Waals surface area contributed by atoms with Gasteiger partial charge in [0.05, 0.1) is 6.04 Å². The molecular formula is C22H22N2O6. The molecule has 8 heteroatoms. The molecule has 0 bridgehead atoms. The van der Waals surface area contributed by atoms with E-state index in [1.807, 2.05) is 6.07 Å². The van der Waals surface area contributed by atoms with Gasteiger partial charge in [0.25, 0.3) is 11.8 Å². The summed E-state index contributed by atoms with van der Waals surface area (Å²) >= 11 is 0. The molecule has 0 aliphatic carbocycles. The van der Waals surface area contributed by atoms with Crippen molar-refractivity contribution in [1.82, 2.24) is 10.6 Å². The van der Waals surface area contributed by atoms with Crippen LogP contribution in [0.5, 0.6) is 11.5 Å². The number of benzene rings is 1. The van der Waals surface area contributed by atoms with Gasteiger partial charge < -0.3 is 28.9 Å². The number of nitrogens with one attached hydrogen (secondary N) is 2. The molecule has 1 unspecified atom stereocenters. The standard InChI is InChI=1S/C22H22N2O6/c1-13-3-6-18(29-13)21(25)23-12-16(24-22(26)19-7-4-14(2)30-19)15-5-8-17-20(11-15)28-10-9-27-17/h3-8,11,16H,9-10,12H2,1-2H3,(H,23,25)(H,24,26). The fraction of sp³-hybridized carbons (Fsp3) is 0.273. The smallest absolute Gasteiger partial charge is 0.287 e. The average Bonchev–Trinajstić information content (AvgIpc) is 3.38. The van der Waals surface area contributed by atoms with E-state index in [-0.39, 0.29) is 29.9 Å². The van der Waals surface area contributed by atoms with E-state index in [1.165, 1.54) is 0 Å². The number of rotatable bonds is 6. The number of fused-ring (bicyclic) bond motifs is 1. The fourth-order valence-electron chi connectivity index (χ4n) is 3.15. The van der Waals surface area contributed by atoms with Crippen LogP contribution in [0.4, 0.5) is 0 Å². The molecule has 8 nitrogen and oxygen atoms in total. The third-order valence-electron chi connectivity index (χ3n) is 4.67. The highest BCUT2D eigenvalue weighted by Gasteiger charge is 2.22. The number of amides is 2. The third-order valence-corrected chi connectivity index (χ3v) is 4.67. The molecule has 1 aliphatic heterocycles. The van der Waals surface area contributed by atoms with Crippen LogP contribution in [0, 0.1) is 13.8 Å². The third kappa shape index (κ3) is 4.32. The van der Waals surface area contributed by atoms with E-state index in [2.05, 4.69) is 10.6 Å². The first-order chi connectivity index (χ1) is 14.5. The van der Waals surface area contributed by atoms with E-state index in [4.69, 9.17) is 18.3 Å². The molecule has 156 valence electrons. The Morgan fingerprint density at radius 2 is 1.50 bits per heavy atom. The largest absolute Gasteiger partial charge is 0.486 e. The molecule has 2 amide bonds. The lowest BCUT2D eigenvalue weighted by Gasteiger charge is -2.23. The summed E-state index contributed by atoms with van der Waals surface area (Å²) < 4.78 is 22.0. The van der Waals surface area contributed by atoms with E-state index < -0.39 is 6.04 Å². The van der Waals surface area contributed by atoms with Gasteiger partial charge in [-0.2, -0.15) is 0 Å². The van der Waals surface area contributed by atoms with Gasteiger partial charge in [-0.15, -0.1) is 0 Å². The predicted molar refractivity (Wildman–Crippen MR) is 107 cm³/mol. The second-order valence-corrected chi connectivity index (χ2v) is 6.96. The summed E-state index contributed by atoms with van der Waals surface area (Å²) in [5, 5.41) is 5.71. The van der Waals surface area contributed by atoms with Crippen molar-refractivity contribution in [1.29, 1.82) is 0 Å². The molecule has 2 aromatic heterocycles. The Morgan fingerprint density at radius 3 is 2.13 bits per heavy atom. The Bertz CT molecular complexity index is 1070. The summed E-state index contributed by atoms with van der Waals surface area (Å²) in [4.78, 5) is 25.1. The molecule has 0 spiro atoms. The molecule has 1 aliphatic rings. The lowest BCUT2D eigenvalue weighted by Crippen LogP contribution is -2.37. The molecule has 30 heavy (non-hydrogen) atoms. The first-order valence-corrected chi connectivity index (χ1v) is 9.61. The number of carbonyl (C=O) groups is 2. The van der Waals surface area contributed by atoms with Crippen molar-refractivity contribution < 1.29 is 27.9 Å². The van der Waals surface area contributed by atoms with Crippen molar-refractivity contribution >= 4 is 11.8 Å². The lowest BCUT2D eigenvalue weighted by atomic mass is 10.1. The van der Waals surface area contributed by atoms with Crippen molar-refractivity contribution in [3.63, 3.8) is 0 Å². The lowest BCUT2D eigenvalue weighted by molar-refractivity contribution is 0.0879. The molecule has 0 radical (unpaired) electrons. The first-order valence-electron chi connectivity index (χ1n) is 9.61. The zero-order valence-corrected chi connectivity index (χ0v) is 16.7. The highest BCUT2D eigenvalue weighted by molar-refractivity contribution is 5.92. The topological polar surface area (TPSA) is 103 Å². The second kappa shape index (κ2) is 8.36. The Balaban J connectivity index is 1.54. The van der Waals surface area contributed by atoms with E-state index in [0.29, 0.717) is 36.2 Å². The zero-order chi connectivity index (χ0) is 21.1. The summed E-state index contributed by atoms with van der Waals surface area (Å²) in [7, 11) is 0. The second-order valence-electron chi connectivity index (χ2n) is 6.96. The molecule has 2 N–H and O–H groups in total. The SMILES string of the molecule is Cc1ccc(C(=O)NCC(NC(=O)c2ccc(C)o2)c2ccc3c(c2)OCCO3)o1. The van der Waals surface area contributed by atoms with Crippen molar-refractivity contribution in [2.24, 2.45) is 0 Å². The van der Waals surface area contributed by atoms with Crippen molar-refractivity contribution in [3.05, 3.63) is 71.1 Å².